The van der Waals surface area contributed by atoms with Crippen LogP contribution in [0.4, 0.5) is 0 Å². The van der Waals surface area contributed by atoms with Crippen LogP contribution in [0.5, 0.6) is 0 Å². The zero-order valence-corrected chi connectivity index (χ0v) is 14.6. The molecule has 0 unspecified atom stereocenters. The Labute approximate surface area is 148 Å². The SMILES string of the molecule is CC[C@@H](C(=O)N1CCN(CC(=O)c2ccco2)CC1)c1ccccc1. The molecule has 0 spiro atoms. The largest absolute Gasteiger partial charge is 0.461 e. The van der Waals surface area contributed by atoms with Gasteiger partial charge in [0.25, 0.3) is 0 Å². The molecule has 2 aromatic rings. The van der Waals surface area contributed by atoms with Gasteiger partial charge in [0.2, 0.25) is 11.7 Å². The van der Waals surface area contributed by atoms with Gasteiger partial charge in [0.1, 0.15) is 0 Å². The van der Waals surface area contributed by atoms with E-state index in [2.05, 4.69) is 4.90 Å². The Hall–Kier alpha value is -2.40. The number of benzene rings is 1. The number of amides is 1. The standard InChI is InChI=1S/C20H24N2O3/c1-2-17(16-7-4-3-5-8-16)20(24)22-12-10-21(11-13-22)15-18(23)19-9-6-14-25-19/h3-9,14,17H,2,10-13,15H2,1H3/t17-/m1/s1. The topological polar surface area (TPSA) is 53.8 Å². The van der Waals surface area contributed by atoms with Gasteiger partial charge in [-0.2, -0.15) is 0 Å². The molecular weight excluding hydrogens is 316 g/mol. The van der Waals surface area contributed by atoms with E-state index >= 15 is 0 Å². The van der Waals surface area contributed by atoms with E-state index in [1.807, 2.05) is 42.2 Å². The smallest absolute Gasteiger partial charge is 0.230 e. The number of rotatable bonds is 6. The van der Waals surface area contributed by atoms with Crippen LogP contribution in [0.25, 0.3) is 0 Å². The number of furan rings is 1. The Morgan fingerprint density at radius 2 is 1.76 bits per heavy atom. The van der Waals surface area contributed by atoms with Crippen molar-refractivity contribution in [3.63, 3.8) is 0 Å². The van der Waals surface area contributed by atoms with E-state index in [-0.39, 0.29) is 17.6 Å². The molecule has 1 fully saturated rings. The van der Waals surface area contributed by atoms with Crippen LogP contribution in [0, 0.1) is 0 Å². The molecule has 2 heterocycles. The highest BCUT2D eigenvalue weighted by molar-refractivity contribution is 5.95. The van der Waals surface area contributed by atoms with E-state index < -0.39 is 0 Å². The van der Waals surface area contributed by atoms with Crippen molar-refractivity contribution < 1.29 is 14.0 Å². The summed E-state index contributed by atoms with van der Waals surface area (Å²) in [7, 11) is 0. The van der Waals surface area contributed by atoms with Gasteiger partial charge in [-0.05, 0) is 24.1 Å². The summed E-state index contributed by atoms with van der Waals surface area (Å²) in [4.78, 5) is 29.0. The van der Waals surface area contributed by atoms with E-state index in [1.165, 1.54) is 6.26 Å². The average molecular weight is 340 g/mol. The summed E-state index contributed by atoms with van der Waals surface area (Å²) in [6, 6.07) is 13.4. The Morgan fingerprint density at radius 1 is 1.04 bits per heavy atom. The van der Waals surface area contributed by atoms with Crippen LogP contribution in [0.3, 0.4) is 0 Å². The molecule has 1 amide bonds. The van der Waals surface area contributed by atoms with E-state index in [0.29, 0.717) is 38.5 Å². The molecule has 0 radical (unpaired) electrons. The average Bonchev–Trinajstić information content (AvgIpc) is 3.19. The summed E-state index contributed by atoms with van der Waals surface area (Å²) in [6.45, 7) is 5.13. The number of ketones is 1. The highest BCUT2D eigenvalue weighted by Gasteiger charge is 2.28. The van der Waals surface area contributed by atoms with Crippen molar-refractivity contribution in [1.29, 1.82) is 0 Å². The van der Waals surface area contributed by atoms with Gasteiger partial charge in [-0.15, -0.1) is 0 Å². The van der Waals surface area contributed by atoms with Gasteiger partial charge in [0, 0.05) is 26.2 Å². The molecule has 25 heavy (non-hydrogen) atoms. The van der Waals surface area contributed by atoms with Gasteiger partial charge in [0.15, 0.2) is 5.76 Å². The lowest BCUT2D eigenvalue weighted by molar-refractivity contribution is -0.134. The predicted octanol–water partition coefficient (Wildman–Crippen LogP) is 2.80. The summed E-state index contributed by atoms with van der Waals surface area (Å²) in [5, 5.41) is 0. The van der Waals surface area contributed by atoms with E-state index in [1.54, 1.807) is 12.1 Å². The number of carbonyl (C=O) groups is 2. The number of hydrogen-bond acceptors (Lipinski definition) is 4. The molecule has 1 aliphatic heterocycles. The second-order valence-electron chi connectivity index (χ2n) is 6.37. The van der Waals surface area contributed by atoms with Crippen LogP contribution in [0.2, 0.25) is 0 Å². The van der Waals surface area contributed by atoms with Gasteiger partial charge in [-0.25, -0.2) is 0 Å². The van der Waals surface area contributed by atoms with Crippen LogP contribution in [-0.2, 0) is 4.79 Å². The Balaban J connectivity index is 1.54. The molecule has 5 heteroatoms. The maximum absolute atomic E-state index is 12.9. The zero-order valence-electron chi connectivity index (χ0n) is 14.6. The minimum Gasteiger partial charge on any atom is -0.461 e. The number of piperazine rings is 1. The molecule has 1 aliphatic rings. The molecule has 1 aromatic carbocycles. The lowest BCUT2D eigenvalue weighted by Gasteiger charge is -2.36. The van der Waals surface area contributed by atoms with Crippen molar-refractivity contribution in [1.82, 2.24) is 9.80 Å². The fraction of sp³-hybridized carbons (Fsp3) is 0.400. The molecule has 5 nitrogen and oxygen atoms in total. The van der Waals surface area contributed by atoms with Crippen molar-refractivity contribution in [2.45, 2.75) is 19.3 Å². The van der Waals surface area contributed by atoms with Crippen molar-refractivity contribution in [2.75, 3.05) is 32.7 Å². The first-order chi connectivity index (χ1) is 12.2. The molecule has 0 N–H and O–H groups in total. The van der Waals surface area contributed by atoms with Crippen molar-refractivity contribution in [3.05, 3.63) is 60.1 Å². The van der Waals surface area contributed by atoms with Gasteiger partial charge in [-0.3, -0.25) is 14.5 Å². The molecule has 0 saturated carbocycles. The fourth-order valence-electron chi connectivity index (χ4n) is 3.30. The molecule has 3 rings (SSSR count). The summed E-state index contributed by atoms with van der Waals surface area (Å²) in [6.07, 6.45) is 2.30. The Kier molecular flexibility index (Phi) is 5.66. The maximum Gasteiger partial charge on any atom is 0.230 e. The quantitative estimate of drug-likeness (QED) is 0.759. The van der Waals surface area contributed by atoms with Crippen molar-refractivity contribution >= 4 is 11.7 Å². The third kappa shape index (κ3) is 4.17. The second kappa shape index (κ2) is 8.12. The zero-order chi connectivity index (χ0) is 17.6. The molecular formula is C20H24N2O3. The number of carbonyl (C=O) groups excluding carboxylic acids is 2. The van der Waals surface area contributed by atoms with E-state index in [4.69, 9.17) is 4.42 Å². The summed E-state index contributed by atoms with van der Waals surface area (Å²) < 4.78 is 5.15. The minimum absolute atomic E-state index is 0.0134. The fourth-order valence-corrected chi connectivity index (χ4v) is 3.30. The van der Waals surface area contributed by atoms with Gasteiger partial charge >= 0.3 is 0 Å². The van der Waals surface area contributed by atoms with E-state index in [0.717, 1.165) is 12.0 Å². The molecule has 0 bridgehead atoms. The highest BCUT2D eigenvalue weighted by atomic mass is 16.3. The lowest BCUT2D eigenvalue weighted by atomic mass is 9.95. The summed E-state index contributed by atoms with van der Waals surface area (Å²) in [5.41, 5.74) is 1.07. The highest BCUT2D eigenvalue weighted by Crippen LogP contribution is 2.22. The minimum atomic E-state index is -0.0856. The van der Waals surface area contributed by atoms with Crippen molar-refractivity contribution in [2.24, 2.45) is 0 Å². The third-order valence-corrected chi connectivity index (χ3v) is 4.76. The van der Waals surface area contributed by atoms with Crippen LogP contribution in [0.1, 0.15) is 35.4 Å². The monoisotopic (exact) mass is 340 g/mol. The third-order valence-electron chi connectivity index (χ3n) is 4.76. The first kappa shape index (κ1) is 17.4. The molecule has 1 atom stereocenters. The number of hydrogen-bond donors (Lipinski definition) is 0. The predicted molar refractivity (Wildman–Crippen MR) is 95.5 cm³/mol. The molecule has 132 valence electrons. The van der Waals surface area contributed by atoms with Crippen LogP contribution in [-0.4, -0.2) is 54.2 Å². The summed E-state index contributed by atoms with van der Waals surface area (Å²) >= 11 is 0. The van der Waals surface area contributed by atoms with E-state index in [9.17, 15) is 9.59 Å². The first-order valence-corrected chi connectivity index (χ1v) is 8.82. The van der Waals surface area contributed by atoms with Crippen LogP contribution < -0.4 is 0 Å². The Morgan fingerprint density at radius 3 is 2.36 bits per heavy atom. The number of nitrogens with zero attached hydrogens (tertiary/aromatic N) is 2. The van der Waals surface area contributed by atoms with Crippen LogP contribution in [0.15, 0.2) is 53.1 Å². The molecule has 0 aliphatic carbocycles. The second-order valence-corrected chi connectivity index (χ2v) is 6.37. The Bertz CT molecular complexity index is 689. The van der Waals surface area contributed by atoms with Crippen LogP contribution >= 0.6 is 0 Å². The van der Waals surface area contributed by atoms with Gasteiger partial charge in [-0.1, -0.05) is 37.3 Å². The normalized spacial score (nSPS) is 16.6. The summed E-state index contributed by atoms with van der Waals surface area (Å²) in [5.74, 6) is 0.484. The molecule has 1 aromatic heterocycles. The number of Topliss-reactive ketones (excluding diaryl/α,β-unsaturated/α-hetero) is 1. The van der Waals surface area contributed by atoms with Gasteiger partial charge in [0.05, 0.1) is 18.7 Å². The molecule has 1 saturated heterocycles. The van der Waals surface area contributed by atoms with Gasteiger partial charge < -0.3 is 9.32 Å². The maximum atomic E-state index is 12.9. The first-order valence-electron chi connectivity index (χ1n) is 8.82. The lowest BCUT2D eigenvalue weighted by Crippen LogP contribution is -2.51. The van der Waals surface area contributed by atoms with Crippen molar-refractivity contribution in [3.8, 4) is 0 Å².